The van der Waals surface area contributed by atoms with Crippen molar-refractivity contribution in [2.75, 3.05) is 7.11 Å². The van der Waals surface area contributed by atoms with Crippen molar-refractivity contribution in [3.05, 3.63) is 63.1 Å². The maximum atomic E-state index is 14.1. The number of halogens is 3. The van der Waals surface area contributed by atoms with Crippen LogP contribution >= 0.6 is 15.9 Å². The van der Waals surface area contributed by atoms with Crippen molar-refractivity contribution in [1.82, 2.24) is 0 Å². The van der Waals surface area contributed by atoms with E-state index in [4.69, 9.17) is 10.5 Å². The van der Waals surface area contributed by atoms with Crippen LogP contribution in [0.4, 0.5) is 8.78 Å². The minimum absolute atomic E-state index is 0.127. The van der Waals surface area contributed by atoms with Crippen LogP contribution in [-0.4, -0.2) is 7.11 Å². The summed E-state index contributed by atoms with van der Waals surface area (Å²) in [4.78, 5) is 0. The lowest BCUT2D eigenvalue weighted by Crippen LogP contribution is -2.17. The summed E-state index contributed by atoms with van der Waals surface area (Å²) in [7, 11) is 1.35. The molecule has 1 unspecified atom stereocenters. The van der Waals surface area contributed by atoms with Gasteiger partial charge in [0.15, 0.2) is 0 Å². The summed E-state index contributed by atoms with van der Waals surface area (Å²) in [5, 5.41) is 0. The third-order valence-electron chi connectivity index (χ3n) is 3.24. The highest BCUT2D eigenvalue weighted by Crippen LogP contribution is 2.31. The number of benzene rings is 2. The average Bonchev–Trinajstić information content (AvgIpc) is 2.40. The quantitative estimate of drug-likeness (QED) is 0.912. The lowest BCUT2D eigenvalue weighted by atomic mass is 9.95. The van der Waals surface area contributed by atoms with Crippen molar-refractivity contribution < 1.29 is 13.5 Å². The van der Waals surface area contributed by atoms with Gasteiger partial charge in [-0.2, -0.15) is 0 Å². The molecule has 5 heteroatoms. The van der Waals surface area contributed by atoms with Gasteiger partial charge in [-0.25, -0.2) is 8.78 Å². The third kappa shape index (κ3) is 2.69. The van der Waals surface area contributed by atoms with Crippen molar-refractivity contribution in [1.29, 1.82) is 0 Å². The Bertz CT molecular complexity index is 623. The molecular formula is C15H14BrF2NO. The van der Waals surface area contributed by atoms with Gasteiger partial charge in [0.2, 0.25) is 0 Å². The maximum Gasteiger partial charge on any atom is 0.134 e. The number of hydrogen-bond acceptors (Lipinski definition) is 2. The second-order valence-corrected chi connectivity index (χ2v) is 5.29. The second-order valence-electron chi connectivity index (χ2n) is 4.44. The molecular weight excluding hydrogens is 328 g/mol. The molecule has 0 spiro atoms. The van der Waals surface area contributed by atoms with Gasteiger partial charge in [-0.3, -0.25) is 0 Å². The van der Waals surface area contributed by atoms with Crippen LogP contribution in [0, 0.1) is 18.6 Å². The van der Waals surface area contributed by atoms with E-state index < -0.39 is 17.7 Å². The molecule has 1 atom stereocenters. The first-order chi connectivity index (χ1) is 9.45. The van der Waals surface area contributed by atoms with Crippen LogP contribution in [0.5, 0.6) is 5.75 Å². The number of nitrogens with two attached hydrogens (primary N) is 1. The van der Waals surface area contributed by atoms with Gasteiger partial charge in [0.1, 0.15) is 17.4 Å². The highest BCUT2D eigenvalue weighted by Gasteiger charge is 2.21. The van der Waals surface area contributed by atoms with Gasteiger partial charge >= 0.3 is 0 Å². The monoisotopic (exact) mass is 341 g/mol. The number of hydrogen-bond donors (Lipinski definition) is 1. The summed E-state index contributed by atoms with van der Waals surface area (Å²) >= 11 is 3.38. The lowest BCUT2D eigenvalue weighted by Gasteiger charge is -2.18. The van der Waals surface area contributed by atoms with Crippen LogP contribution in [-0.2, 0) is 0 Å². The average molecular weight is 342 g/mol. The Hall–Kier alpha value is -1.46. The minimum atomic E-state index is -0.876. The summed E-state index contributed by atoms with van der Waals surface area (Å²) in [5.74, 6) is -1.30. The fourth-order valence-corrected chi connectivity index (χ4v) is 2.47. The van der Waals surface area contributed by atoms with Crippen LogP contribution in [0.1, 0.15) is 22.7 Å². The molecule has 0 aliphatic rings. The predicted octanol–water partition coefficient (Wildman–Crippen LogP) is 4.09. The van der Waals surface area contributed by atoms with E-state index in [-0.39, 0.29) is 11.3 Å². The molecule has 0 aromatic heterocycles. The molecule has 106 valence electrons. The first-order valence-electron chi connectivity index (χ1n) is 5.99. The van der Waals surface area contributed by atoms with E-state index in [0.717, 1.165) is 22.2 Å². The SMILES string of the molecule is COc1cc(F)c(C(N)c2cccc(Br)c2C)c(F)c1. The summed E-state index contributed by atoms with van der Waals surface area (Å²) in [5.41, 5.74) is 7.40. The Morgan fingerprint density at radius 2 is 1.80 bits per heavy atom. The Balaban J connectivity index is 2.54. The van der Waals surface area contributed by atoms with Crippen molar-refractivity contribution in [3.8, 4) is 5.75 Å². The standard InChI is InChI=1S/C15H14BrF2NO/c1-8-10(4-3-5-11(8)16)15(19)14-12(17)6-9(20-2)7-13(14)18/h3-7,15H,19H2,1-2H3. The number of rotatable bonds is 3. The van der Waals surface area contributed by atoms with Crippen LogP contribution in [0.3, 0.4) is 0 Å². The zero-order valence-electron chi connectivity index (χ0n) is 11.1. The topological polar surface area (TPSA) is 35.2 Å². The van der Waals surface area contributed by atoms with E-state index >= 15 is 0 Å². The summed E-state index contributed by atoms with van der Waals surface area (Å²) in [6.45, 7) is 1.85. The summed E-state index contributed by atoms with van der Waals surface area (Å²) < 4.78 is 33.8. The molecule has 2 nitrogen and oxygen atoms in total. The molecule has 20 heavy (non-hydrogen) atoms. The third-order valence-corrected chi connectivity index (χ3v) is 4.10. The van der Waals surface area contributed by atoms with E-state index in [1.165, 1.54) is 7.11 Å². The number of methoxy groups -OCH3 is 1. The Kier molecular flexibility index (Phi) is 4.40. The van der Waals surface area contributed by atoms with Crippen molar-refractivity contribution >= 4 is 15.9 Å². The molecule has 0 amide bonds. The Morgan fingerprint density at radius 1 is 1.20 bits per heavy atom. The summed E-state index contributed by atoms with van der Waals surface area (Å²) in [6.07, 6.45) is 0. The van der Waals surface area contributed by atoms with E-state index in [0.29, 0.717) is 5.56 Å². The smallest absolute Gasteiger partial charge is 0.134 e. The van der Waals surface area contributed by atoms with Gasteiger partial charge in [-0.1, -0.05) is 28.1 Å². The lowest BCUT2D eigenvalue weighted by molar-refractivity contribution is 0.404. The van der Waals surface area contributed by atoms with Gasteiger partial charge in [-0.15, -0.1) is 0 Å². The zero-order chi connectivity index (χ0) is 14.9. The number of ether oxygens (including phenoxy) is 1. The molecule has 0 heterocycles. The Morgan fingerprint density at radius 3 is 2.35 bits per heavy atom. The van der Waals surface area contributed by atoms with Crippen LogP contribution in [0.2, 0.25) is 0 Å². The van der Waals surface area contributed by atoms with E-state index in [1.54, 1.807) is 12.1 Å². The van der Waals surface area contributed by atoms with E-state index in [2.05, 4.69) is 15.9 Å². The predicted molar refractivity (Wildman–Crippen MR) is 77.8 cm³/mol. The minimum Gasteiger partial charge on any atom is -0.497 e. The molecule has 0 aliphatic heterocycles. The molecule has 0 radical (unpaired) electrons. The largest absolute Gasteiger partial charge is 0.497 e. The molecule has 2 aromatic rings. The van der Waals surface area contributed by atoms with Crippen molar-refractivity contribution in [2.24, 2.45) is 5.73 Å². The van der Waals surface area contributed by atoms with Gasteiger partial charge < -0.3 is 10.5 Å². The maximum absolute atomic E-state index is 14.1. The van der Waals surface area contributed by atoms with Crippen molar-refractivity contribution in [3.63, 3.8) is 0 Å². The van der Waals surface area contributed by atoms with Crippen LogP contribution in [0.15, 0.2) is 34.8 Å². The normalized spacial score (nSPS) is 12.3. The van der Waals surface area contributed by atoms with Crippen LogP contribution < -0.4 is 10.5 Å². The van der Waals surface area contributed by atoms with E-state index in [1.807, 2.05) is 13.0 Å². The first kappa shape index (κ1) is 14.9. The first-order valence-corrected chi connectivity index (χ1v) is 6.78. The molecule has 0 bridgehead atoms. The highest BCUT2D eigenvalue weighted by molar-refractivity contribution is 9.10. The highest BCUT2D eigenvalue weighted by atomic mass is 79.9. The van der Waals surface area contributed by atoms with Crippen LogP contribution in [0.25, 0.3) is 0 Å². The van der Waals surface area contributed by atoms with Gasteiger partial charge in [0.05, 0.1) is 13.2 Å². The molecule has 0 fully saturated rings. The molecule has 2 aromatic carbocycles. The van der Waals surface area contributed by atoms with Gasteiger partial charge in [0.25, 0.3) is 0 Å². The van der Waals surface area contributed by atoms with Crippen molar-refractivity contribution in [2.45, 2.75) is 13.0 Å². The zero-order valence-corrected chi connectivity index (χ0v) is 12.7. The molecule has 2 rings (SSSR count). The molecule has 0 aliphatic carbocycles. The van der Waals surface area contributed by atoms with E-state index in [9.17, 15) is 8.78 Å². The second kappa shape index (κ2) is 5.89. The molecule has 0 saturated heterocycles. The fraction of sp³-hybridized carbons (Fsp3) is 0.200. The fourth-order valence-electron chi connectivity index (χ4n) is 2.09. The van der Waals surface area contributed by atoms with Gasteiger partial charge in [0, 0.05) is 22.2 Å². The molecule has 2 N–H and O–H groups in total. The Labute approximate surface area is 124 Å². The van der Waals surface area contributed by atoms with Gasteiger partial charge in [-0.05, 0) is 24.1 Å². The molecule has 0 saturated carbocycles. The summed E-state index contributed by atoms with van der Waals surface area (Å²) in [6, 6.07) is 6.78.